The molecule has 0 heterocycles. The largest absolute Gasteiger partial charge is 0.507 e. The lowest BCUT2D eigenvalue weighted by Gasteiger charge is -2.22. The molecule has 0 saturated carbocycles. The highest BCUT2D eigenvalue weighted by atomic mass is 19.1. The van der Waals surface area contributed by atoms with Crippen LogP contribution in [0.4, 0.5) is 4.39 Å². The van der Waals surface area contributed by atoms with E-state index in [-0.39, 0.29) is 22.8 Å². The summed E-state index contributed by atoms with van der Waals surface area (Å²) in [5.74, 6) is -0.328. The van der Waals surface area contributed by atoms with Gasteiger partial charge in [0.25, 0.3) is 0 Å². The standard InChI is InChI=1S/C18H19FO2/c1-11-9-13(10-15(16(11)20)18(2,3)4)17(21)12-5-7-14(19)8-6-12/h5-10,20H,1-4H3. The summed E-state index contributed by atoms with van der Waals surface area (Å²) in [5, 5.41) is 10.2. The highest BCUT2D eigenvalue weighted by Gasteiger charge is 2.22. The molecule has 0 bridgehead atoms. The monoisotopic (exact) mass is 286 g/mol. The highest BCUT2D eigenvalue weighted by Crippen LogP contribution is 2.34. The second kappa shape index (κ2) is 5.32. The van der Waals surface area contributed by atoms with Crippen LogP contribution >= 0.6 is 0 Å². The molecule has 0 unspecified atom stereocenters. The van der Waals surface area contributed by atoms with E-state index in [0.717, 1.165) is 5.56 Å². The zero-order valence-electron chi connectivity index (χ0n) is 12.7. The summed E-state index contributed by atoms with van der Waals surface area (Å²) in [5.41, 5.74) is 2.05. The Hall–Kier alpha value is -2.16. The Morgan fingerprint density at radius 2 is 1.62 bits per heavy atom. The van der Waals surface area contributed by atoms with Gasteiger partial charge in [-0.25, -0.2) is 4.39 Å². The van der Waals surface area contributed by atoms with E-state index >= 15 is 0 Å². The molecule has 0 spiro atoms. The summed E-state index contributed by atoms with van der Waals surface area (Å²) >= 11 is 0. The number of carbonyl (C=O) groups excluding carboxylic acids is 1. The lowest BCUT2D eigenvalue weighted by molar-refractivity contribution is 0.103. The summed E-state index contributed by atoms with van der Waals surface area (Å²) in [6, 6.07) is 8.86. The number of benzene rings is 2. The van der Waals surface area contributed by atoms with E-state index in [4.69, 9.17) is 0 Å². The van der Waals surface area contributed by atoms with Crippen LogP contribution in [-0.4, -0.2) is 10.9 Å². The van der Waals surface area contributed by atoms with Crippen LogP contribution in [0.5, 0.6) is 5.75 Å². The Morgan fingerprint density at radius 1 is 1.05 bits per heavy atom. The van der Waals surface area contributed by atoms with Gasteiger partial charge in [0.15, 0.2) is 5.78 Å². The number of hydrogen-bond acceptors (Lipinski definition) is 2. The molecule has 2 aromatic carbocycles. The number of halogens is 1. The lowest BCUT2D eigenvalue weighted by Crippen LogP contribution is -2.14. The summed E-state index contributed by atoms with van der Waals surface area (Å²) < 4.78 is 12.9. The van der Waals surface area contributed by atoms with Gasteiger partial charge in [0.1, 0.15) is 11.6 Å². The molecule has 1 N–H and O–H groups in total. The quantitative estimate of drug-likeness (QED) is 0.832. The third kappa shape index (κ3) is 3.13. The van der Waals surface area contributed by atoms with E-state index in [0.29, 0.717) is 16.7 Å². The average molecular weight is 286 g/mol. The van der Waals surface area contributed by atoms with Crippen molar-refractivity contribution in [3.05, 3.63) is 64.5 Å². The first-order chi connectivity index (χ1) is 9.70. The van der Waals surface area contributed by atoms with Crippen LogP contribution in [0.25, 0.3) is 0 Å². The predicted molar refractivity (Wildman–Crippen MR) is 81.4 cm³/mol. The van der Waals surface area contributed by atoms with Crippen molar-refractivity contribution in [1.29, 1.82) is 0 Å². The second-order valence-electron chi connectivity index (χ2n) is 6.28. The number of phenols is 1. The van der Waals surface area contributed by atoms with Crippen LogP contribution in [0.15, 0.2) is 36.4 Å². The van der Waals surface area contributed by atoms with E-state index in [1.54, 1.807) is 19.1 Å². The molecule has 2 rings (SSSR count). The van der Waals surface area contributed by atoms with Crippen molar-refractivity contribution in [2.24, 2.45) is 0 Å². The maximum absolute atomic E-state index is 12.9. The first kappa shape index (κ1) is 15.2. The Bertz CT molecular complexity index is 680. The van der Waals surface area contributed by atoms with Crippen LogP contribution in [0, 0.1) is 12.7 Å². The van der Waals surface area contributed by atoms with Gasteiger partial charge in [0.2, 0.25) is 0 Å². The Balaban J connectivity index is 2.52. The van der Waals surface area contributed by atoms with E-state index in [1.165, 1.54) is 24.3 Å². The maximum Gasteiger partial charge on any atom is 0.193 e. The molecule has 110 valence electrons. The molecule has 3 heteroatoms. The summed E-state index contributed by atoms with van der Waals surface area (Å²) in [7, 11) is 0. The first-order valence-electron chi connectivity index (χ1n) is 6.84. The van der Waals surface area contributed by atoms with Gasteiger partial charge in [-0.15, -0.1) is 0 Å². The van der Waals surface area contributed by atoms with Crippen LogP contribution < -0.4 is 0 Å². The van der Waals surface area contributed by atoms with Crippen molar-refractivity contribution < 1.29 is 14.3 Å². The summed E-state index contributed by atoms with van der Waals surface area (Å²) in [4.78, 5) is 12.5. The molecule has 2 aromatic rings. The van der Waals surface area contributed by atoms with Gasteiger partial charge in [0.05, 0.1) is 0 Å². The van der Waals surface area contributed by atoms with Crippen LogP contribution in [0.1, 0.15) is 47.8 Å². The number of carbonyl (C=O) groups is 1. The fraction of sp³-hybridized carbons (Fsp3) is 0.278. The molecule has 2 nitrogen and oxygen atoms in total. The Kier molecular flexibility index (Phi) is 3.86. The van der Waals surface area contributed by atoms with E-state index in [9.17, 15) is 14.3 Å². The summed E-state index contributed by atoms with van der Waals surface area (Å²) in [6.07, 6.45) is 0. The number of hydrogen-bond donors (Lipinski definition) is 1. The van der Waals surface area contributed by atoms with Gasteiger partial charge in [-0.2, -0.15) is 0 Å². The minimum atomic E-state index is -0.371. The average Bonchev–Trinajstić information content (AvgIpc) is 2.40. The van der Waals surface area contributed by atoms with Crippen LogP contribution in [0.3, 0.4) is 0 Å². The van der Waals surface area contributed by atoms with Crippen molar-refractivity contribution in [3.63, 3.8) is 0 Å². The number of rotatable bonds is 2. The van der Waals surface area contributed by atoms with Crippen molar-refractivity contribution in [1.82, 2.24) is 0 Å². The topological polar surface area (TPSA) is 37.3 Å². The number of aryl methyl sites for hydroxylation is 1. The number of aromatic hydroxyl groups is 1. The van der Waals surface area contributed by atoms with Gasteiger partial charge < -0.3 is 5.11 Å². The molecule has 21 heavy (non-hydrogen) atoms. The molecule has 0 fully saturated rings. The lowest BCUT2D eigenvalue weighted by atomic mass is 9.83. The predicted octanol–water partition coefficient (Wildman–Crippen LogP) is 4.37. The van der Waals surface area contributed by atoms with E-state index in [2.05, 4.69) is 0 Å². The van der Waals surface area contributed by atoms with Crippen molar-refractivity contribution in [3.8, 4) is 5.75 Å². The second-order valence-corrected chi connectivity index (χ2v) is 6.28. The third-order valence-electron chi connectivity index (χ3n) is 3.48. The molecule has 0 saturated heterocycles. The van der Waals surface area contributed by atoms with Crippen molar-refractivity contribution >= 4 is 5.78 Å². The number of ketones is 1. The Morgan fingerprint density at radius 3 is 2.14 bits per heavy atom. The molecule has 0 amide bonds. The minimum Gasteiger partial charge on any atom is -0.507 e. The normalized spacial score (nSPS) is 11.5. The molecule has 0 aromatic heterocycles. The van der Waals surface area contributed by atoms with Gasteiger partial charge in [0, 0.05) is 16.7 Å². The smallest absolute Gasteiger partial charge is 0.193 e. The fourth-order valence-electron chi connectivity index (χ4n) is 2.25. The van der Waals surface area contributed by atoms with Crippen molar-refractivity contribution in [2.75, 3.05) is 0 Å². The molecule has 0 radical (unpaired) electrons. The third-order valence-corrected chi connectivity index (χ3v) is 3.48. The van der Waals surface area contributed by atoms with Crippen LogP contribution in [-0.2, 0) is 5.41 Å². The highest BCUT2D eigenvalue weighted by molar-refractivity contribution is 6.09. The molecule has 0 atom stereocenters. The molecule has 0 aliphatic carbocycles. The number of phenolic OH excluding ortho intramolecular Hbond substituents is 1. The minimum absolute atomic E-state index is 0.177. The van der Waals surface area contributed by atoms with Gasteiger partial charge in [-0.1, -0.05) is 20.8 Å². The first-order valence-corrected chi connectivity index (χ1v) is 6.84. The van der Waals surface area contributed by atoms with E-state index in [1.807, 2.05) is 20.8 Å². The SMILES string of the molecule is Cc1cc(C(=O)c2ccc(F)cc2)cc(C(C)(C)C)c1O. The Labute approximate surface area is 124 Å². The molecular formula is C18H19FO2. The fourth-order valence-corrected chi connectivity index (χ4v) is 2.25. The summed E-state index contributed by atoms with van der Waals surface area (Å²) in [6.45, 7) is 7.71. The van der Waals surface area contributed by atoms with Crippen molar-refractivity contribution in [2.45, 2.75) is 33.1 Å². The van der Waals surface area contributed by atoms with Crippen LogP contribution in [0.2, 0.25) is 0 Å². The zero-order chi connectivity index (χ0) is 15.8. The maximum atomic E-state index is 12.9. The molecular weight excluding hydrogens is 267 g/mol. The van der Waals surface area contributed by atoms with Gasteiger partial charge >= 0.3 is 0 Å². The van der Waals surface area contributed by atoms with E-state index < -0.39 is 0 Å². The molecule has 0 aliphatic heterocycles. The van der Waals surface area contributed by atoms with Gasteiger partial charge in [-0.05, 0) is 54.3 Å². The molecule has 0 aliphatic rings. The zero-order valence-corrected chi connectivity index (χ0v) is 12.7. The van der Waals surface area contributed by atoms with Gasteiger partial charge in [-0.3, -0.25) is 4.79 Å².